The van der Waals surface area contributed by atoms with Gasteiger partial charge in [-0.3, -0.25) is 0 Å². The van der Waals surface area contributed by atoms with Crippen molar-refractivity contribution in [1.29, 1.82) is 0 Å². The number of halogens is 1. The molecule has 0 radical (unpaired) electrons. The highest BCUT2D eigenvalue weighted by Gasteiger charge is 2.29. The SMILES string of the molecule is Clc1ccccc1-c1noc(C2CC2)n1. The molecule has 15 heavy (non-hydrogen) atoms. The van der Waals surface area contributed by atoms with Crippen LogP contribution in [0.2, 0.25) is 5.02 Å². The van der Waals surface area contributed by atoms with Gasteiger partial charge in [0.05, 0.1) is 5.02 Å². The molecule has 0 aliphatic heterocycles. The third kappa shape index (κ3) is 1.63. The first-order chi connectivity index (χ1) is 7.34. The molecule has 1 aliphatic rings. The average molecular weight is 221 g/mol. The summed E-state index contributed by atoms with van der Waals surface area (Å²) >= 11 is 6.04. The summed E-state index contributed by atoms with van der Waals surface area (Å²) in [5, 5.41) is 4.59. The van der Waals surface area contributed by atoms with Crippen LogP contribution in [0.25, 0.3) is 11.4 Å². The Morgan fingerprint density at radius 3 is 2.80 bits per heavy atom. The van der Waals surface area contributed by atoms with E-state index in [2.05, 4.69) is 10.1 Å². The minimum atomic E-state index is 0.480. The molecule has 0 bridgehead atoms. The molecule has 0 atom stereocenters. The van der Waals surface area contributed by atoms with E-state index in [4.69, 9.17) is 16.1 Å². The Bertz CT molecular complexity index is 491. The van der Waals surface area contributed by atoms with Crippen LogP contribution >= 0.6 is 11.6 Å². The smallest absolute Gasteiger partial charge is 0.230 e. The lowest BCUT2D eigenvalue weighted by Gasteiger charge is -1.95. The zero-order valence-electron chi connectivity index (χ0n) is 7.98. The van der Waals surface area contributed by atoms with E-state index in [-0.39, 0.29) is 0 Å². The van der Waals surface area contributed by atoms with Crippen molar-refractivity contribution in [2.75, 3.05) is 0 Å². The molecule has 0 amide bonds. The zero-order chi connectivity index (χ0) is 10.3. The molecule has 1 aliphatic carbocycles. The Balaban J connectivity index is 2.01. The van der Waals surface area contributed by atoms with E-state index in [9.17, 15) is 0 Å². The molecule has 76 valence electrons. The molecule has 1 aromatic carbocycles. The van der Waals surface area contributed by atoms with Crippen molar-refractivity contribution in [1.82, 2.24) is 10.1 Å². The molecular weight excluding hydrogens is 212 g/mol. The van der Waals surface area contributed by atoms with Gasteiger partial charge in [-0.1, -0.05) is 28.9 Å². The Labute approximate surface area is 92.1 Å². The summed E-state index contributed by atoms with van der Waals surface area (Å²) in [5.74, 6) is 1.81. The van der Waals surface area contributed by atoms with Gasteiger partial charge in [-0.2, -0.15) is 4.98 Å². The largest absolute Gasteiger partial charge is 0.339 e. The number of nitrogens with zero attached hydrogens (tertiary/aromatic N) is 2. The fourth-order valence-corrected chi connectivity index (χ4v) is 1.70. The summed E-state index contributed by atoms with van der Waals surface area (Å²) in [5.41, 5.74) is 0.829. The summed E-state index contributed by atoms with van der Waals surface area (Å²) in [6, 6.07) is 7.51. The second-order valence-corrected chi connectivity index (χ2v) is 4.12. The maximum Gasteiger partial charge on any atom is 0.230 e. The average Bonchev–Trinajstić information content (AvgIpc) is 2.99. The normalized spacial score (nSPS) is 15.5. The maximum absolute atomic E-state index is 6.04. The number of benzene rings is 1. The van der Waals surface area contributed by atoms with Gasteiger partial charge in [-0.05, 0) is 25.0 Å². The van der Waals surface area contributed by atoms with Crippen LogP contribution < -0.4 is 0 Å². The van der Waals surface area contributed by atoms with Crippen LogP contribution in [-0.2, 0) is 0 Å². The Morgan fingerprint density at radius 2 is 2.07 bits per heavy atom. The quantitative estimate of drug-likeness (QED) is 0.780. The highest BCUT2D eigenvalue weighted by atomic mass is 35.5. The monoisotopic (exact) mass is 220 g/mol. The highest BCUT2D eigenvalue weighted by Crippen LogP contribution is 2.39. The van der Waals surface area contributed by atoms with Gasteiger partial charge in [0.1, 0.15) is 0 Å². The lowest BCUT2D eigenvalue weighted by molar-refractivity contribution is 0.380. The topological polar surface area (TPSA) is 38.9 Å². The number of hydrogen-bond acceptors (Lipinski definition) is 3. The van der Waals surface area contributed by atoms with Gasteiger partial charge in [0, 0.05) is 11.5 Å². The fourth-order valence-electron chi connectivity index (χ4n) is 1.48. The molecule has 2 aromatic rings. The second-order valence-electron chi connectivity index (χ2n) is 3.71. The van der Waals surface area contributed by atoms with Crippen molar-refractivity contribution in [2.24, 2.45) is 0 Å². The summed E-state index contributed by atoms with van der Waals surface area (Å²) < 4.78 is 5.18. The first kappa shape index (κ1) is 8.92. The maximum atomic E-state index is 6.04. The fraction of sp³-hybridized carbons (Fsp3) is 0.273. The molecule has 1 fully saturated rings. The van der Waals surface area contributed by atoms with E-state index in [1.807, 2.05) is 24.3 Å². The van der Waals surface area contributed by atoms with Crippen LogP contribution in [0.5, 0.6) is 0 Å². The van der Waals surface area contributed by atoms with Crippen molar-refractivity contribution in [3.63, 3.8) is 0 Å². The van der Waals surface area contributed by atoms with Gasteiger partial charge in [0.15, 0.2) is 0 Å². The van der Waals surface area contributed by atoms with Crippen LogP contribution in [0.1, 0.15) is 24.7 Å². The first-order valence-electron chi connectivity index (χ1n) is 4.93. The highest BCUT2D eigenvalue weighted by molar-refractivity contribution is 6.33. The molecular formula is C11H9ClN2O. The molecule has 0 saturated heterocycles. The van der Waals surface area contributed by atoms with Gasteiger partial charge in [-0.15, -0.1) is 0 Å². The summed E-state index contributed by atoms with van der Waals surface area (Å²) in [6.45, 7) is 0. The van der Waals surface area contributed by atoms with Crippen molar-refractivity contribution in [2.45, 2.75) is 18.8 Å². The number of aromatic nitrogens is 2. The second kappa shape index (κ2) is 3.35. The van der Waals surface area contributed by atoms with E-state index in [0.717, 1.165) is 24.3 Å². The molecule has 1 saturated carbocycles. The predicted molar refractivity (Wildman–Crippen MR) is 56.7 cm³/mol. The molecule has 0 N–H and O–H groups in total. The first-order valence-corrected chi connectivity index (χ1v) is 5.31. The minimum Gasteiger partial charge on any atom is -0.339 e. The minimum absolute atomic E-state index is 0.480. The van der Waals surface area contributed by atoms with Gasteiger partial charge < -0.3 is 4.52 Å². The third-order valence-electron chi connectivity index (χ3n) is 2.48. The Hall–Kier alpha value is -1.35. The third-order valence-corrected chi connectivity index (χ3v) is 2.81. The van der Waals surface area contributed by atoms with Gasteiger partial charge in [0.2, 0.25) is 11.7 Å². The Kier molecular flexibility index (Phi) is 1.99. The molecule has 3 rings (SSSR count). The van der Waals surface area contributed by atoms with Gasteiger partial charge >= 0.3 is 0 Å². The zero-order valence-corrected chi connectivity index (χ0v) is 8.74. The molecule has 0 spiro atoms. The molecule has 1 aromatic heterocycles. The number of hydrogen-bond donors (Lipinski definition) is 0. The lowest BCUT2D eigenvalue weighted by Crippen LogP contribution is -1.82. The standard InChI is InChI=1S/C11H9ClN2O/c12-9-4-2-1-3-8(9)10-13-11(15-14-10)7-5-6-7/h1-4,7H,5-6H2. The van der Waals surface area contributed by atoms with E-state index in [1.165, 1.54) is 0 Å². The van der Waals surface area contributed by atoms with E-state index >= 15 is 0 Å². The van der Waals surface area contributed by atoms with Crippen LogP contribution in [0.3, 0.4) is 0 Å². The van der Waals surface area contributed by atoms with Crippen LogP contribution in [0, 0.1) is 0 Å². The molecule has 4 heteroatoms. The van der Waals surface area contributed by atoms with Crippen molar-refractivity contribution < 1.29 is 4.52 Å². The van der Waals surface area contributed by atoms with Crippen LogP contribution in [0.4, 0.5) is 0 Å². The Morgan fingerprint density at radius 1 is 1.27 bits per heavy atom. The van der Waals surface area contributed by atoms with Gasteiger partial charge in [0.25, 0.3) is 0 Å². The summed E-state index contributed by atoms with van der Waals surface area (Å²) in [4.78, 5) is 4.34. The van der Waals surface area contributed by atoms with E-state index in [0.29, 0.717) is 16.8 Å². The molecule has 0 unspecified atom stereocenters. The van der Waals surface area contributed by atoms with Crippen LogP contribution in [-0.4, -0.2) is 10.1 Å². The van der Waals surface area contributed by atoms with Crippen molar-refractivity contribution in [3.8, 4) is 11.4 Å². The van der Waals surface area contributed by atoms with Crippen LogP contribution in [0.15, 0.2) is 28.8 Å². The van der Waals surface area contributed by atoms with Gasteiger partial charge in [-0.25, -0.2) is 0 Å². The lowest BCUT2D eigenvalue weighted by atomic mass is 10.2. The predicted octanol–water partition coefficient (Wildman–Crippen LogP) is 3.27. The molecule has 3 nitrogen and oxygen atoms in total. The molecule has 1 heterocycles. The summed E-state index contributed by atoms with van der Waals surface area (Å²) in [6.07, 6.45) is 2.31. The van der Waals surface area contributed by atoms with E-state index < -0.39 is 0 Å². The summed E-state index contributed by atoms with van der Waals surface area (Å²) in [7, 11) is 0. The van der Waals surface area contributed by atoms with Crippen molar-refractivity contribution in [3.05, 3.63) is 35.2 Å². The number of rotatable bonds is 2. The van der Waals surface area contributed by atoms with Crippen molar-refractivity contribution >= 4 is 11.6 Å². The van der Waals surface area contributed by atoms with E-state index in [1.54, 1.807) is 0 Å².